The molecule has 1 aromatic heterocycles. The smallest absolute Gasteiger partial charge is 0.334 e. The lowest BCUT2D eigenvalue weighted by molar-refractivity contribution is -0.147. The van der Waals surface area contributed by atoms with Crippen LogP contribution in [0, 0.1) is 0 Å². The van der Waals surface area contributed by atoms with Crippen molar-refractivity contribution in [2.75, 3.05) is 0 Å². The van der Waals surface area contributed by atoms with Crippen LogP contribution in [0.1, 0.15) is 12.5 Å². The predicted octanol–water partition coefficient (Wildman–Crippen LogP) is -0.431. The highest BCUT2D eigenvalue weighted by Gasteiger charge is 2.32. The number of nitrogens with zero attached hydrogens (tertiary/aromatic N) is 1. The van der Waals surface area contributed by atoms with Crippen molar-refractivity contribution in [2.24, 2.45) is 0 Å². The van der Waals surface area contributed by atoms with Crippen LogP contribution >= 0.6 is 0 Å². The third kappa shape index (κ3) is 2.54. The van der Waals surface area contributed by atoms with Gasteiger partial charge in [-0.2, -0.15) is 0 Å². The highest BCUT2D eigenvalue weighted by atomic mass is 16.4. The Bertz CT molecular complexity index is 456. The van der Waals surface area contributed by atoms with Crippen LogP contribution in [0.25, 0.3) is 0 Å². The quantitative estimate of drug-likeness (QED) is 0.515. The fraction of sp³-hybridized carbons (Fsp3) is 0.222. The van der Waals surface area contributed by atoms with Crippen molar-refractivity contribution in [3.05, 3.63) is 12.1 Å². The summed E-state index contributed by atoms with van der Waals surface area (Å²) in [7, 11) is 0. The molecular formula is C9H9NO7. The van der Waals surface area contributed by atoms with Gasteiger partial charge in [-0.15, -0.1) is 0 Å². The second-order valence-corrected chi connectivity index (χ2v) is 3.20. The minimum Gasteiger partial charge on any atom is -0.494 e. The van der Waals surface area contributed by atoms with Crippen molar-refractivity contribution in [1.29, 1.82) is 0 Å². The molecule has 0 aliphatic carbocycles. The second kappa shape index (κ2) is 4.56. The van der Waals surface area contributed by atoms with Gasteiger partial charge in [0.1, 0.15) is 6.42 Å². The molecule has 1 rings (SSSR count). The summed E-state index contributed by atoms with van der Waals surface area (Å²) in [4.78, 5) is 32.6. The Kier molecular flexibility index (Phi) is 3.37. The highest BCUT2D eigenvalue weighted by molar-refractivity contribution is 6.07. The van der Waals surface area contributed by atoms with Gasteiger partial charge in [-0.05, 0) is 0 Å². The summed E-state index contributed by atoms with van der Waals surface area (Å²) >= 11 is 0. The lowest BCUT2D eigenvalue weighted by Crippen LogP contribution is -2.28. The number of hydrogen-bond donors (Lipinski definition) is 4. The molecule has 0 saturated heterocycles. The Morgan fingerprint density at radius 1 is 1.12 bits per heavy atom. The van der Waals surface area contributed by atoms with E-state index in [-0.39, 0.29) is 0 Å². The minimum atomic E-state index is -1.97. The summed E-state index contributed by atoms with van der Waals surface area (Å²) in [6.07, 6.45) is -1.02. The van der Waals surface area contributed by atoms with Crippen LogP contribution in [-0.4, -0.2) is 42.7 Å². The van der Waals surface area contributed by atoms with Crippen LogP contribution in [0.4, 0.5) is 0 Å². The molecule has 0 aromatic carbocycles. The van der Waals surface area contributed by atoms with Gasteiger partial charge < -0.3 is 20.4 Å². The number of rotatable bonds is 5. The maximum atomic E-state index is 11.4. The molecule has 0 aliphatic rings. The van der Waals surface area contributed by atoms with E-state index in [1.807, 2.05) is 0 Å². The predicted molar refractivity (Wildman–Crippen MR) is 51.7 cm³/mol. The molecule has 1 atom stereocenters. The van der Waals surface area contributed by atoms with E-state index in [9.17, 15) is 24.6 Å². The van der Waals surface area contributed by atoms with E-state index in [1.54, 1.807) is 0 Å². The Morgan fingerprint density at radius 3 is 1.94 bits per heavy atom. The van der Waals surface area contributed by atoms with Crippen LogP contribution in [0.2, 0.25) is 0 Å². The zero-order valence-corrected chi connectivity index (χ0v) is 8.40. The maximum Gasteiger partial charge on any atom is 0.334 e. The Hall–Kier alpha value is -2.51. The average Bonchev–Trinajstić information content (AvgIpc) is 2.48. The maximum absolute atomic E-state index is 11.4. The van der Waals surface area contributed by atoms with Gasteiger partial charge in [0.15, 0.2) is 23.6 Å². The normalized spacial score (nSPS) is 12.0. The van der Waals surface area contributed by atoms with E-state index in [2.05, 4.69) is 0 Å². The number of Topliss-reactive ketones (excluding diaryl/α,β-unsaturated/α-hetero) is 1. The summed E-state index contributed by atoms with van der Waals surface area (Å²) in [5, 5.41) is 35.8. The van der Waals surface area contributed by atoms with Crippen molar-refractivity contribution in [2.45, 2.75) is 12.5 Å². The molecule has 1 unspecified atom stereocenters. The number of aliphatic carboxylic acids is 2. The topological polar surface area (TPSA) is 137 Å². The van der Waals surface area contributed by atoms with E-state index in [0.717, 1.165) is 12.1 Å². The van der Waals surface area contributed by atoms with E-state index in [1.165, 1.54) is 0 Å². The van der Waals surface area contributed by atoms with E-state index >= 15 is 0 Å². The van der Waals surface area contributed by atoms with Gasteiger partial charge >= 0.3 is 11.9 Å². The molecule has 17 heavy (non-hydrogen) atoms. The van der Waals surface area contributed by atoms with Crippen molar-refractivity contribution in [3.8, 4) is 11.8 Å². The summed E-state index contributed by atoms with van der Waals surface area (Å²) in [5.41, 5.74) is 0. The number of carboxylic acid groups (broad SMARTS) is 2. The molecule has 0 fully saturated rings. The lowest BCUT2D eigenvalue weighted by Gasteiger charge is -2.14. The molecule has 4 N–H and O–H groups in total. The van der Waals surface area contributed by atoms with Crippen LogP contribution in [-0.2, 0) is 14.4 Å². The Balaban J connectivity index is 3.15. The lowest BCUT2D eigenvalue weighted by atomic mass is 10.1. The van der Waals surface area contributed by atoms with Gasteiger partial charge in [-0.1, -0.05) is 0 Å². The van der Waals surface area contributed by atoms with Gasteiger partial charge in [0.25, 0.3) is 0 Å². The van der Waals surface area contributed by atoms with Gasteiger partial charge in [-0.25, -0.2) is 4.79 Å². The van der Waals surface area contributed by atoms with Crippen LogP contribution in [0.15, 0.2) is 12.1 Å². The molecule has 1 aromatic rings. The van der Waals surface area contributed by atoms with Crippen LogP contribution < -0.4 is 0 Å². The van der Waals surface area contributed by atoms with E-state index < -0.39 is 41.9 Å². The molecular weight excluding hydrogens is 234 g/mol. The number of carbonyl (C=O) groups is 3. The third-order valence-corrected chi connectivity index (χ3v) is 2.00. The Morgan fingerprint density at radius 2 is 1.59 bits per heavy atom. The Labute approximate surface area is 94.3 Å². The van der Waals surface area contributed by atoms with Gasteiger partial charge in [0, 0.05) is 12.1 Å². The van der Waals surface area contributed by atoms with Gasteiger partial charge in [0.2, 0.25) is 0 Å². The number of aromatic nitrogens is 1. The zero-order valence-electron chi connectivity index (χ0n) is 8.40. The average molecular weight is 243 g/mol. The number of carboxylic acids is 2. The molecule has 8 nitrogen and oxygen atoms in total. The van der Waals surface area contributed by atoms with Crippen molar-refractivity contribution < 1.29 is 34.8 Å². The summed E-state index contributed by atoms with van der Waals surface area (Å²) in [6.45, 7) is 0. The first-order valence-electron chi connectivity index (χ1n) is 4.41. The van der Waals surface area contributed by atoms with Crippen LogP contribution in [0.5, 0.6) is 11.8 Å². The summed E-state index contributed by atoms with van der Waals surface area (Å²) in [5.74, 6) is -5.61. The molecule has 8 heteroatoms. The number of ketones is 1. The van der Waals surface area contributed by atoms with E-state index in [4.69, 9.17) is 10.2 Å². The second-order valence-electron chi connectivity index (χ2n) is 3.20. The van der Waals surface area contributed by atoms with Gasteiger partial charge in [-0.3, -0.25) is 14.2 Å². The minimum absolute atomic E-state index is 0.438. The first-order valence-corrected chi connectivity index (χ1v) is 4.41. The molecule has 1 heterocycles. The first kappa shape index (κ1) is 12.6. The van der Waals surface area contributed by atoms with Crippen molar-refractivity contribution in [1.82, 2.24) is 4.57 Å². The largest absolute Gasteiger partial charge is 0.494 e. The number of carbonyl (C=O) groups excluding carboxylic acids is 1. The number of hydrogen-bond acceptors (Lipinski definition) is 5. The van der Waals surface area contributed by atoms with Crippen LogP contribution in [0.3, 0.4) is 0 Å². The van der Waals surface area contributed by atoms with E-state index in [0.29, 0.717) is 4.57 Å². The SMILES string of the molecule is O=C(O)CC(=O)C(C(=O)O)n1c(O)ccc1O. The molecule has 0 spiro atoms. The highest BCUT2D eigenvalue weighted by Crippen LogP contribution is 2.27. The first-order chi connectivity index (χ1) is 7.84. The molecule has 0 bridgehead atoms. The standard InChI is InChI=1S/C9H9NO7/c11-4(3-7(14)15)8(9(16)17)10-5(12)1-2-6(10)13/h1-2,8,12-13H,3H2,(H,14,15)(H,16,17). The number of aromatic hydroxyl groups is 2. The summed E-state index contributed by atoms with van der Waals surface area (Å²) in [6, 6.07) is -0.000330. The third-order valence-electron chi connectivity index (χ3n) is 2.00. The zero-order chi connectivity index (χ0) is 13.2. The molecule has 92 valence electrons. The summed E-state index contributed by atoms with van der Waals surface area (Å²) < 4.78 is 0.438. The molecule has 0 radical (unpaired) electrons. The van der Waals surface area contributed by atoms with Gasteiger partial charge in [0.05, 0.1) is 0 Å². The fourth-order valence-corrected chi connectivity index (χ4v) is 1.33. The van der Waals surface area contributed by atoms with Crippen molar-refractivity contribution in [3.63, 3.8) is 0 Å². The molecule has 0 saturated carbocycles. The molecule has 0 amide bonds. The molecule has 0 aliphatic heterocycles. The monoisotopic (exact) mass is 243 g/mol. The fourth-order valence-electron chi connectivity index (χ4n) is 1.33. The van der Waals surface area contributed by atoms with Crippen molar-refractivity contribution >= 4 is 17.7 Å².